The monoisotopic (exact) mass is 225 g/mol. The quantitative estimate of drug-likeness (QED) is 0.848. The molecule has 1 N–H and O–H groups in total. The molecular weight excluding hydrogens is 214 g/mol. The maximum absolute atomic E-state index is 11.9. The molecule has 2 aromatic rings. The fourth-order valence-electron chi connectivity index (χ4n) is 1.60. The molecule has 1 unspecified atom stereocenters. The number of hydrogen-bond acceptors (Lipinski definition) is 3. The van der Waals surface area contributed by atoms with Crippen molar-refractivity contribution in [1.29, 1.82) is 5.26 Å². The summed E-state index contributed by atoms with van der Waals surface area (Å²) in [7, 11) is 0. The van der Waals surface area contributed by atoms with E-state index in [-0.39, 0.29) is 5.91 Å². The van der Waals surface area contributed by atoms with E-state index in [1.54, 1.807) is 19.2 Å². The van der Waals surface area contributed by atoms with Gasteiger partial charge >= 0.3 is 0 Å². The van der Waals surface area contributed by atoms with E-state index in [0.29, 0.717) is 5.56 Å². The fraction of sp³-hybridized carbons (Fsp3) is 0.154. The Bertz CT molecular complexity index is 596. The highest BCUT2D eigenvalue weighted by Gasteiger charge is 2.12. The van der Waals surface area contributed by atoms with E-state index in [9.17, 15) is 4.79 Å². The zero-order valence-corrected chi connectivity index (χ0v) is 9.34. The predicted octanol–water partition coefficient (Wildman–Crippen LogP) is 1.88. The van der Waals surface area contributed by atoms with Crippen LogP contribution in [0.1, 0.15) is 17.3 Å². The number of hydrogen-bond donors (Lipinski definition) is 1. The smallest absolute Gasteiger partial charge is 0.253 e. The molecule has 84 valence electrons. The summed E-state index contributed by atoms with van der Waals surface area (Å²) in [5.41, 5.74) is 1.31. The minimum atomic E-state index is -0.505. The van der Waals surface area contributed by atoms with Crippen LogP contribution in [0.5, 0.6) is 0 Å². The molecule has 1 atom stereocenters. The largest absolute Gasteiger partial charge is 0.337 e. The zero-order chi connectivity index (χ0) is 12.3. The number of benzene rings is 1. The Morgan fingerprint density at radius 1 is 1.41 bits per heavy atom. The first kappa shape index (κ1) is 11.1. The van der Waals surface area contributed by atoms with Gasteiger partial charge in [-0.3, -0.25) is 9.78 Å². The van der Waals surface area contributed by atoms with E-state index >= 15 is 0 Å². The number of carbonyl (C=O) groups excluding carboxylic acids is 1. The summed E-state index contributed by atoms with van der Waals surface area (Å²) in [4.78, 5) is 16.1. The molecular formula is C13H11N3O. The Morgan fingerprint density at radius 3 is 2.94 bits per heavy atom. The lowest BCUT2D eigenvalue weighted by atomic mass is 10.1. The van der Waals surface area contributed by atoms with Crippen molar-refractivity contribution in [1.82, 2.24) is 10.3 Å². The van der Waals surface area contributed by atoms with Crippen molar-refractivity contribution in [3.05, 3.63) is 42.1 Å². The second-order valence-electron chi connectivity index (χ2n) is 3.70. The Balaban J connectivity index is 2.42. The Labute approximate surface area is 98.9 Å². The summed E-state index contributed by atoms with van der Waals surface area (Å²) in [6.07, 6.45) is 1.59. The number of fused-ring (bicyclic) bond motifs is 1. The number of nitriles is 1. The number of rotatable bonds is 2. The molecule has 1 aromatic heterocycles. The predicted molar refractivity (Wildman–Crippen MR) is 64.3 cm³/mol. The SMILES string of the molecule is CC(C#N)NC(=O)c1ccnc2ccccc12. The summed E-state index contributed by atoms with van der Waals surface area (Å²) >= 11 is 0. The lowest BCUT2D eigenvalue weighted by Crippen LogP contribution is -2.31. The molecule has 0 aliphatic rings. The Kier molecular flexibility index (Phi) is 3.01. The molecule has 2 rings (SSSR count). The van der Waals surface area contributed by atoms with Gasteiger partial charge in [0.15, 0.2) is 0 Å². The van der Waals surface area contributed by atoms with Crippen LogP contribution < -0.4 is 5.32 Å². The number of para-hydroxylation sites is 1. The number of carbonyl (C=O) groups is 1. The van der Waals surface area contributed by atoms with Crippen LogP contribution in [0.15, 0.2) is 36.5 Å². The van der Waals surface area contributed by atoms with E-state index in [4.69, 9.17) is 5.26 Å². The highest BCUT2D eigenvalue weighted by molar-refractivity contribution is 6.06. The van der Waals surface area contributed by atoms with Gasteiger partial charge < -0.3 is 5.32 Å². The Morgan fingerprint density at radius 2 is 2.18 bits per heavy atom. The van der Waals surface area contributed by atoms with Crippen LogP contribution >= 0.6 is 0 Å². The van der Waals surface area contributed by atoms with Crippen molar-refractivity contribution >= 4 is 16.8 Å². The average molecular weight is 225 g/mol. The van der Waals surface area contributed by atoms with Crippen molar-refractivity contribution < 1.29 is 4.79 Å². The summed E-state index contributed by atoms with van der Waals surface area (Å²) in [5.74, 6) is -0.252. The normalized spacial score (nSPS) is 11.8. The molecule has 0 saturated carbocycles. The minimum absolute atomic E-state index is 0.252. The third kappa shape index (κ3) is 2.23. The van der Waals surface area contributed by atoms with Crippen LogP contribution in [0.3, 0.4) is 0 Å². The van der Waals surface area contributed by atoms with Crippen LogP contribution in [0.2, 0.25) is 0 Å². The first-order valence-electron chi connectivity index (χ1n) is 5.26. The number of aromatic nitrogens is 1. The van der Waals surface area contributed by atoms with Gasteiger partial charge in [-0.15, -0.1) is 0 Å². The van der Waals surface area contributed by atoms with Crippen LogP contribution in [0.25, 0.3) is 10.9 Å². The van der Waals surface area contributed by atoms with Gasteiger partial charge in [0, 0.05) is 11.6 Å². The van der Waals surface area contributed by atoms with Gasteiger partial charge in [0.1, 0.15) is 6.04 Å². The number of nitrogens with one attached hydrogen (secondary N) is 1. The second kappa shape index (κ2) is 4.62. The van der Waals surface area contributed by atoms with Gasteiger partial charge in [-0.25, -0.2) is 0 Å². The highest BCUT2D eigenvalue weighted by Crippen LogP contribution is 2.15. The topological polar surface area (TPSA) is 65.8 Å². The average Bonchev–Trinajstić information content (AvgIpc) is 2.37. The third-order valence-corrected chi connectivity index (χ3v) is 2.43. The van der Waals surface area contributed by atoms with E-state index in [1.807, 2.05) is 30.3 Å². The number of nitrogens with zero attached hydrogens (tertiary/aromatic N) is 2. The summed E-state index contributed by atoms with van der Waals surface area (Å²) in [6, 6.07) is 10.5. The summed E-state index contributed by atoms with van der Waals surface area (Å²) in [6.45, 7) is 1.64. The first-order chi connectivity index (χ1) is 8.22. The Hall–Kier alpha value is -2.41. The van der Waals surface area contributed by atoms with Crippen molar-refractivity contribution in [2.24, 2.45) is 0 Å². The van der Waals surface area contributed by atoms with E-state index in [0.717, 1.165) is 10.9 Å². The van der Waals surface area contributed by atoms with Crippen LogP contribution in [0.4, 0.5) is 0 Å². The third-order valence-electron chi connectivity index (χ3n) is 2.43. The second-order valence-corrected chi connectivity index (χ2v) is 3.70. The lowest BCUT2D eigenvalue weighted by molar-refractivity contribution is 0.0949. The van der Waals surface area contributed by atoms with Crippen molar-refractivity contribution in [2.75, 3.05) is 0 Å². The van der Waals surface area contributed by atoms with Crippen molar-refractivity contribution in [3.8, 4) is 6.07 Å². The zero-order valence-electron chi connectivity index (χ0n) is 9.34. The molecule has 1 heterocycles. The molecule has 1 aromatic carbocycles. The van der Waals surface area contributed by atoms with Gasteiger partial charge in [-0.1, -0.05) is 18.2 Å². The standard InChI is InChI=1S/C13H11N3O/c1-9(8-14)16-13(17)11-6-7-15-12-5-3-2-4-10(11)12/h2-7,9H,1H3,(H,16,17). The van der Waals surface area contributed by atoms with Crippen molar-refractivity contribution in [3.63, 3.8) is 0 Å². The van der Waals surface area contributed by atoms with Gasteiger partial charge in [0.2, 0.25) is 0 Å². The van der Waals surface area contributed by atoms with Gasteiger partial charge in [0.25, 0.3) is 5.91 Å². The van der Waals surface area contributed by atoms with Crippen molar-refractivity contribution in [2.45, 2.75) is 13.0 Å². The maximum atomic E-state index is 11.9. The maximum Gasteiger partial charge on any atom is 0.253 e. The molecule has 0 spiro atoms. The molecule has 0 fully saturated rings. The van der Waals surface area contributed by atoms with E-state index in [2.05, 4.69) is 10.3 Å². The molecule has 0 saturated heterocycles. The molecule has 4 heteroatoms. The fourth-order valence-corrected chi connectivity index (χ4v) is 1.60. The van der Waals surface area contributed by atoms with Crippen LogP contribution in [-0.4, -0.2) is 16.9 Å². The molecule has 0 bridgehead atoms. The molecule has 17 heavy (non-hydrogen) atoms. The van der Waals surface area contributed by atoms with E-state index in [1.165, 1.54) is 0 Å². The van der Waals surface area contributed by atoms with Crippen LogP contribution in [0, 0.1) is 11.3 Å². The molecule has 0 aliphatic carbocycles. The number of amides is 1. The first-order valence-corrected chi connectivity index (χ1v) is 5.26. The molecule has 1 amide bonds. The highest BCUT2D eigenvalue weighted by atomic mass is 16.1. The van der Waals surface area contributed by atoms with E-state index < -0.39 is 6.04 Å². The van der Waals surface area contributed by atoms with Gasteiger partial charge in [0.05, 0.1) is 17.1 Å². The summed E-state index contributed by atoms with van der Waals surface area (Å²) < 4.78 is 0. The molecule has 4 nitrogen and oxygen atoms in total. The minimum Gasteiger partial charge on any atom is -0.337 e. The lowest BCUT2D eigenvalue weighted by Gasteiger charge is -2.08. The van der Waals surface area contributed by atoms with Gasteiger partial charge in [-0.2, -0.15) is 5.26 Å². The number of pyridine rings is 1. The van der Waals surface area contributed by atoms with Gasteiger partial charge in [-0.05, 0) is 19.1 Å². The summed E-state index contributed by atoms with van der Waals surface area (Å²) in [5, 5.41) is 12.1. The molecule has 0 radical (unpaired) electrons. The molecule has 0 aliphatic heterocycles. The van der Waals surface area contributed by atoms with Crippen LogP contribution in [-0.2, 0) is 0 Å².